The third-order valence-corrected chi connectivity index (χ3v) is 7.27. The Hall–Kier alpha value is -4.59. The van der Waals surface area contributed by atoms with Crippen LogP contribution in [0.4, 0.5) is 0 Å². The number of nitrogens with zero attached hydrogens (tertiary/aromatic N) is 2. The minimum atomic E-state index is -0.683. The molecule has 40 heavy (non-hydrogen) atoms. The molecule has 8 nitrogen and oxygen atoms in total. The van der Waals surface area contributed by atoms with Crippen LogP contribution in [-0.4, -0.2) is 50.5 Å². The Morgan fingerprint density at radius 1 is 0.925 bits per heavy atom. The number of hydrazone groups is 1. The lowest BCUT2D eigenvalue weighted by atomic mass is 9.77. The second kappa shape index (κ2) is 12.1. The molecule has 1 aliphatic carbocycles. The summed E-state index contributed by atoms with van der Waals surface area (Å²) in [6.45, 7) is -0.458. The van der Waals surface area contributed by atoms with Crippen molar-refractivity contribution in [3.63, 3.8) is 0 Å². The smallest absolute Gasteiger partial charge is 0.338 e. The molecule has 0 saturated heterocycles. The van der Waals surface area contributed by atoms with Crippen molar-refractivity contribution < 1.29 is 28.5 Å². The molecule has 206 valence electrons. The minimum absolute atomic E-state index is 0.0564. The summed E-state index contributed by atoms with van der Waals surface area (Å²) in [5.41, 5.74) is 4.33. The predicted molar refractivity (Wildman–Crippen MR) is 152 cm³/mol. The van der Waals surface area contributed by atoms with Crippen molar-refractivity contribution in [2.45, 2.75) is 25.3 Å². The summed E-state index contributed by atoms with van der Waals surface area (Å²) in [6, 6.07) is 22.7. The molecule has 0 bridgehead atoms. The molecule has 8 heteroatoms. The zero-order chi connectivity index (χ0) is 28.1. The van der Waals surface area contributed by atoms with E-state index in [4.69, 9.17) is 24.0 Å². The first-order valence-electron chi connectivity index (χ1n) is 13.2. The highest BCUT2D eigenvalue weighted by molar-refractivity contribution is 6.08. The van der Waals surface area contributed by atoms with E-state index >= 15 is 0 Å². The Morgan fingerprint density at radius 2 is 1.57 bits per heavy atom. The van der Waals surface area contributed by atoms with Crippen molar-refractivity contribution in [1.82, 2.24) is 5.01 Å². The molecular weight excluding hydrogens is 508 g/mol. The van der Waals surface area contributed by atoms with E-state index in [0.717, 1.165) is 41.7 Å². The summed E-state index contributed by atoms with van der Waals surface area (Å²) in [7, 11) is 4.41. The molecule has 0 radical (unpaired) electrons. The third kappa shape index (κ3) is 5.43. The van der Waals surface area contributed by atoms with Crippen molar-refractivity contribution in [2.75, 3.05) is 27.9 Å². The summed E-state index contributed by atoms with van der Waals surface area (Å²) < 4.78 is 21.5. The average molecular weight is 541 g/mol. The first kappa shape index (κ1) is 27.0. The molecule has 1 fully saturated rings. The molecule has 3 aromatic carbocycles. The first-order valence-corrected chi connectivity index (χ1v) is 13.2. The van der Waals surface area contributed by atoms with Gasteiger partial charge in [-0.3, -0.25) is 4.79 Å². The summed E-state index contributed by atoms with van der Waals surface area (Å²) in [5, 5.41) is 6.36. The highest BCUT2D eigenvalue weighted by Crippen LogP contribution is 2.44. The number of rotatable bonds is 8. The van der Waals surface area contributed by atoms with E-state index in [1.807, 2.05) is 48.5 Å². The standard InChI is InChI=1S/C32H32N2O6/c1-37-26-18-24(19-27(38-2)31(26)39-3)32(36)40-20-28(35)34-30(22-13-8-5-9-14-22)25-16-10-15-23(29(25)33-34)17-21-11-6-4-7-12-21/h4-9,11-14,17-19,25,30H,10,15-16,20H2,1-3H3. The fraction of sp³-hybridized carbons (Fsp3) is 0.281. The lowest BCUT2D eigenvalue weighted by Crippen LogP contribution is -2.34. The van der Waals surface area contributed by atoms with Crippen molar-refractivity contribution in [3.05, 3.63) is 95.1 Å². The molecule has 0 aromatic heterocycles. The molecule has 0 N–H and O–H groups in total. The molecule has 1 heterocycles. The van der Waals surface area contributed by atoms with Gasteiger partial charge in [-0.05, 0) is 54.2 Å². The molecule has 1 aliphatic heterocycles. The van der Waals surface area contributed by atoms with Crippen LogP contribution in [0.15, 0.2) is 83.5 Å². The second-order valence-corrected chi connectivity index (χ2v) is 9.65. The number of carbonyl (C=O) groups excluding carboxylic acids is 2. The van der Waals surface area contributed by atoms with Crippen LogP contribution in [0.3, 0.4) is 0 Å². The highest BCUT2D eigenvalue weighted by Gasteiger charge is 2.43. The molecule has 1 saturated carbocycles. The molecule has 1 amide bonds. The van der Waals surface area contributed by atoms with Gasteiger partial charge in [0, 0.05) is 5.92 Å². The van der Waals surface area contributed by atoms with Gasteiger partial charge in [-0.15, -0.1) is 0 Å². The van der Waals surface area contributed by atoms with Crippen LogP contribution < -0.4 is 14.2 Å². The van der Waals surface area contributed by atoms with E-state index in [0.29, 0.717) is 17.2 Å². The van der Waals surface area contributed by atoms with E-state index in [2.05, 4.69) is 18.2 Å². The number of fused-ring (bicyclic) bond motifs is 1. The second-order valence-electron chi connectivity index (χ2n) is 9.65. The number of methoxy groups -OCH3 is 3. The molecule has 2 aliphatic rings. The van der Waals surface area contributed by atoms with Crippen LogP contribution in [-0.2, 0) is 9.53 Å². The molecule has 3 aromatic rings. The third-order valence-electron chi connectivity index (χ3n) is 7.27. The Bertz CT molecular complexity index is 1410. The van der Waals surface area contributed by atoms with Gasteiger partial charge >= 0.3 is 5.97 Å². The van der Waals surface area contributed by atoms with Crippen molar-refractivity contribution in [3.8, 4) is 17.2 Å². The average Bonchev–Trinajstić information content (AvgIpc) is 3.40. The zero-order valence-corrected chi connectivity index (χ0v) is 22.8. The van der Waals surface area contributed by atoms with Crippen LogP contribution in [0.2, 0.25) is 0 Å². The van der Waals surface area contributed by atoms with E-state index in [-0.39, 0.29) is 17.5 Å². The number of hydrogen-bond donors (Lipinski definition) is 0. The fourth-order valence-corrected chi connectivity index (χ4v) is 5.42. The van der Waals surface area contributed by atoms with Crippen molar-refractivity contribution in [1.29, 1.82) is 0 Å². The van der Waals surface area contributed by atoms with Gasteiger partial charge in [-0.25, -0.2) is 9.80 Å². The maximum absolute atomic E-state index is 13.6. The summed E-state index contributed by atoms with van der Waals surface area (Å²) >= 11 is 0. The summed E-state index contributed by atoms with van der Waals surface area (Å²) in [5.74, 6) is -0.0264. The number of esters is 1. The number of benzene rings is 3. The topological polar surface area (TPSA) is 86.7 Å². The Morgan fingerprint density at radius 3 is 2.20 bits per heavy atom. The maximum atomic E-state index is 13.6. The number of allylic oxidation sites excluding steroid dienone is 1. The largest absolute Gasteiger partial charge is 0.493 e. The number of carbonyl (C=O) groups is 2. The zero-order valence-electron chi connectivity index (χ0n) is 22.8. The Labute approximate surface area is 233 Å². The van der Waals surface area contributed by atoms with Gasteiger partial charge in [-0.2, -0.15) is 5.10 Å². The highest BCUT2D eigenvalue weighted by atomic mass is 16.5. The molecule has 2 unspecified atom stereocenters. The SMILES string of the molecule is COc1cc(C(=O)OCC(=O)N2N=C3C(=Cc4ccccc4)CCCC3C2c2ccccc2)cc(OC)c1OC. The van der Waals surface area contributed by atoms with E-state index in [1.54, 1.807) is 0 Å². The van der Waals surface area contributed by atoms with Crippen LogP contribution in [0, 0.1) is 5.92 Å². The van der Waals surface area contributed by atoms with Gasteiger partial charge in [0.05, 0.1) is 38.6 Å². The van der Waals surface area contributed by atoms with Crippen molar-refractivity contribution in [2.24, 2.45) is 11.0 Å². The van der Waals surface area contributed by atoms with Crippen LogP contribution in [0.25, 0.3) is 6.08 Å². The fourth-order valence-electron chi connectivity index (χ4n) is 5.42. The van der Waals surface area contributed by atoms with Crippen LogP contribution in [0.5, 0.6) is 17.2 Å². The van der Waals surface area contributed by atoms with E-state index in [9.17, 15) is 9.59 Å². The quantitative estimate of drug-likeness (QED) is 0.341. The predicted octanol–water partition coefficient (Wildman–Crippen LogP) is 5.69. The molecular formula is C32H32N2O6. The van der Waals surface area contributed by atoms with Gasteiger partial charge in [0.15, 0.2) is 18.1 Å². The molecule has 0 spiro atoms. The molecule has 5 rings (SSSR count). The minimum Gasteiger partial charge on any atom is -0.493 e. The Kier molecular flexibility index (Phi) is 8.15. The van der Waals surface area contributed by atoms with Gasteiger partial charge in [0.25, 0.3) is 5.91 Å². The lowest BCUT2D eigenvalue weighted by molar-refractivity contribution is -0.137. The van der Waals surface area contributed by atoms with E-state index < -0.39 is 18.5 Å². The normalized spacial score (nSPS) is 19.0. The Balaban J connectivity index is 1.40. The number of amides is 1. The summed E-state index contributed by atoms with van der Waals surface area (Å²) in [4.78, 5) is 26.5. The first-order chi connectivity index (χ1) is 19.5. The number of hydrogen-bond acceptors (Lipinski definition) is 7. The van der Waals surface area contributed by atoms with Crippen molar-refractivity contribution >= 4 is 23.7 Å². The van der Waals surface area contributed by atoms with Crippen LogP contribution in [0.1, 0.15) is 46.8 Å². The summed E-state index contributed by atoms with van der Waals surface area (Å²) in [6.07, 6.45) is 4.97. The molecule has 2 atom stereocenters. The van der Waals surface area contributed by atoms with Crippen LogP contribution >= 0.6 is 0 Å². The van der Waals surface area contributed by atoms with Gasteiger partial charge in [0.2, 0.25) is 5.75 Å². The van der Waals surface area contributed by atoms with Gasteiger partial charge in [0.1, 0.15) is 0 Å². The van der Waals surface area contributed by atoms with E-state index in [1.165, 1.54) is 38.5 Å². The maximum Gasteiger partial charge on any atom is 0.338 e. The monoisotopic (exact) mass is 540 g/mol. The number of ether oxygens (including phenoxy) is 4. The van der Waals surface area contributed by atoms with Gasteiger partial charge in [-0.1, -0.05) is 60.7 Å². The lowest BCUT2D eigenvalue weighted by Gasteiger charge is -2.29. The van der Waals surface area contributed by atoms with Gasteiger partial charge < -0.3 is 18.9 Å².